The maximum Gasteiger partial charge on any atom is 0.416 e. The maximum atomic E-state index is 13.6. The van der Waals surface area contributed by atoms with Crippen LogP contribution in [-0.4, -0.2) is 17.9 Å². The molecule has 2 rings (SSSR count). The van der Waals surface area contributed by atoms with E-state index < -0.39 is 53.2 Å². The zero-order chi connectivity index (χ0) is 20.2. The zero-order valence-electron chi connectivity index (χ0n) is 13.8. The van der Waals surface area contributed by atoms with Crippen LogP contribution < -0.4 is 11.1 Å². The molecule has 0 saturated carbocycles. The number of hydrogen-bond acceptors (Lipinski definition) is 2. The number of carbonyl (C=O) groups is 2. The summed E-state index contributed by atoms with van der Waals surface area (Å²) in [7, 11) is 0. The van der Waals surface area contributed by atoms with Crippen molar-refractivity contribution in [3.63, 3.8) is 0 Å². The van der Waals surface area contributed by atoms with Crippen molar-refractivity contribution in [2.24, 2.45) is 5.73 Å². The molecule has 0 aliphatic heterocycles. The molecule has 0 aromatic heterocycles. The molecule has 3 N–H and O–H groups in total. The number of primary amides is 1. The van der Waals surface area contributed by atoms with Crippen LogP contribution in [0.15, 0.2) is 42.5 Å². The minimum absolute atomic E-state index is 0.168. The summed E-state index contributed by atoms with van der Waals surface area (Å²) in [5.74, 6) is -3.61. The molecule has 0 radical (unpaired) electrons. The predicted molar refractivity (Wildman–Crippen MR) is 86.3 cm³/mol. The molecule has 9 heteroatoms. The van der Waals surface area contributed by atoms with Gasteiger partial charge in [-0.1, -0.05) is 18.2 Å². The Kier molecular flexibility index (Phi) is 6.14. The van der Waals surface area contributed by atoms with Gasteiger partial charge in [-0.2, -0.15) is 13.2 Å². The first-order chi connectivity index (χ1) is 12.6. The fourth-order valence-electron chi connectivity index (χ4n) is 2.40. The second kappa shape index (κ2) is 8.15. The van der Waals surface area contributed by atoms with E-state index in [1.165, 1.54) is 0 Å². The lowest BCUT2D eigenvalue weighted by molar-refractivity contribution is -0.137. The van der Waals surface area contributed by atoms with Crippen molar-refractivity contribution >= 4 is 11.8 Å². The fraction of sp³-hybridized carbons (Fsp3) is 0.222. The van der Waals surface area contributed by atoms with Crippen LogP contribution in [0.2, 0.25) is 0 Å². The third-order valence-corrected chi connectivity index (χ3v) is 3.80. The Balaban J connectivity index is 2.07. The van der Waals surface area contributed by atoms with E-state index in [4.69, 9.17) is 5.73 Å². The molecule has 0 fully saturated rings. The van der Waals surface area contributed by atoms with Crippen LogP contribution >= 0.6 is 0 Å². The van der Waals surface area contributed by atoms with Gasteiger partial charge < -0.3 is 11.1 Å². The molecule has 2 aromatic rings. The Morgan fingerprint density at radius 2 is 1.56 bits per heavy atom. The van der Waals surface area contributed by atoms with Gasteiger partial charge in [-0.3, -0.25) is 9.59 Å². The largest absolute Gasteiger partial charge is 0.416 e. The summed E-state index contributed by atoms with van der Waals surface area (Å²) < 4.78 is 64.9. The normalized spacial score (nSPS) is 12.5. The van der Waals surface area contributed by atoms with E-state index in [1.807, 2.05) is 0 Å². The van der Waals surface area contributed by atoms with E-state index >= 15 is 0 Å². The number of benzene rings is 2. The molecule has 4 nitrogen and oxygen atoms in total. The lowest BCUT2D eigenvalue weighted by atomic mass is 10.0. The minimum Gasteiger partial charge on any atom is -0.368 e. The highest BCUT2D eigenvalue weighted by molar-refractivity contribution is 5.87. The van der Waals surface area contributed by atoms with Gasteiger partial charge in [0.15, 0.2) is 0 Å². The Labute approximate surface area is 151 Å². The average Bonchev–Trinajstić information content (AvgIpc) is 2.57. The molecule has 0 saturated heterocycles. The Hall–Kier alpha value is -2.97. The number of halogens is 5. The molecule has 0 spiro atoms. The third kappa shape index (κ3) is 5.50. The van der Waals surface area contributed by atoms with Gasteiger partial charge in [-0.25, -0.2) is 8.78 Å². The maximum absolute atomic E-state index is 13.6. The number of amides is 2. The second-order valence-corrected chi connectivity index (χ2v) is 5.80. The Morgan fingerprint density at radius 3 is 2.04 bits per heavy atom. The van der Waals surface area contributed by atoms with Crippen LogP contribution in [0.25, 0.3) is 0 Å². The number of alkyl halides is 3. The lowest BCUT2D eigenvalue weighted by Gasteiger charge is -2.16. The van der Waals surface area contributed by atoms with Gasteiger partial charge in [0, 0.05) is 12.0 Å². The van der Waals surface area contributed by atoms with Gasteiger partial charge in [-0.15, -0.1) is 0 Å². The smallest absolute Gasteiger partial charge is 0.368 e. The molecule has 0 heterocycles. The van der Waals surface area contributed by atoms with Gasteiger partial charge in [0.2, 0.25) is 11.8 Å². The Bertz CT molecular complexity index is 814. The van der Waals surface area contributed by atoms with Crippen molar-refractivity contribution in [3.05, 3.63) is 70.8 Å². The molecule has 27 heavy (non-hydrogen) atoms. The average molecular weight is 386 g/mol. The standard InChI is InChI=1S/C18H15F5N2O2/c19-13-2-1-3-14(20)12(13)9-16(26)25-15(17(24)27)8-10-4-6-11(7-5-10)18(21,22)23/h1-7,15H,8-9H2,(H2,24,27)(H,25,26)/t15-/m0/s1. The van der Waals surface area contributed by atoms with E-state index in [2.05, 4.69) is 5.32 Å². The van der Waals surface area contributed by atoms with Crippen LogP contribution in [0.1, 0.15) is 16.7 Å². The van der Waals surface area contributed by atoms with Crippen LogP contribution in [-0.2, 0) is 28.6 Å². The summed E-state index contributed by atoms with van der Waals surface area (Å²) in [6.07, 6.45) is -5.33. The van der Waals surface area contributed by atoms with Gasteiger partial charge in [-0.05, 0) is 29.8 Å². The summed E-state index contributed by atoms with van der Waals surface area (Å²) in [6, 6.07) is 5.85. The van der Waals surface area contributed by atoms with E-state index in [0.29, 0.717) is 5.56 Å². The highest BCUT2D eigenvalue weighted by Gasteiger charge is 2.30. The topological polar surface area (TPSA) is 72.2 Å². The first-order valence-corrected chi connectivity index (χ1v) is 7.75. The third-order valence-electron chi connectivity index (χ3n) is 3.80. The summed E-state index contributed by atoms with van der Waals surface area (Å²) in [4.78, 5) is 23.5. The van der Waals surface area contributed by atoms with E-state index in [9.17, 15) is 31.5 Å². The van der Waals surface area contributed by atoms with Crippen molar-refractivity contribution in [2.45, 2.75) is 25.1 Å². The van der Waals surface area contributed by atoms with Crippen molar-refractivity contribution in [1.82, 2.24) is 5.32 Å². The first kappa shape index (κ1) is 20.3. The number of carbonyl (C=O) groups excluding carboxylic acids is 2. The molecule has 144 valence electrons. The summed E-state index contributed by atoms with van der Waals surface area (Å²) in [5.41, 5.74) is 4.20. The molecule has 0 bridgehead atoms. The summed E-state index contributed by atoms with van der Waals surface area (Å²) in [5, 5.41) is 2.24. The van der Waals surface area contributed by atoms with Crippen molar-refractivity contribution in [1.29, 1.82) is 0 Å². The molecular formula is C18H15F5N2O2. The molecule has 2 amide bonds. The number of hydrogen-bond donors (Lipinski definition) is 2. The van der Waals surface area contributed by atoms with Crippen LogP contribution in [0.5, 0.6) is 0 Å². The summed E-state index contributed by atoms with van der Waals surface area (Å²) in [6.45, 7) is 0. The van der Waals surface area contributed by atoms with Crippen molar-refractivity contribution in [2.75, 3.05) is 0 Å². The van der Waals surface area contributed by atoms with Gasteiger partial charge in [0.25, 0.3) is 0 Å². The van der Waals surface area contributed by atoms with Crippen LogP contribution in [0.3, 0.4) is 0 Å². The van der Waals surface area contributed by atoms with Gasteiger partial charge in [0.05, 0.1) is 12.0 Å². The first-order valence-electron chi connectivity index (χ1n) is 7.75. The SMILES string of the molecule is NC(=O)[C@H](Cc1ccc(C(F)(F)F)cc1)NC(=O)Cc1c(F)cccc1F. The quantitative estimate of drug-likeness (QED) is 0.750. The number of nitrogens with one attached hydrogen (secondary N) is 1. The van der Waals surface area contributed by atoms with Gasteiger partial charge >= 0.3 is 6.18 Å². The van der Waals surface area contributed by atoms with Crippen LogP contribution in [0.4, 0.5) is 22.0 Å². The summed E-state index contributed by atoms with van der Waals surface area (Å²) >= 11 is 0. The molecular weight excluding hydrogens is 371 g/mol. The second-order valence-electron chi connectivity index (χ2n) is 5.80. The van der Waals surface area contributed by atoms with E-state index in [-0.39, 0.29) is 6.42 Å². The molecule has 0 aliphatic carbocycles. The molecule has 0 aliphatic rings. The minimum atomic E-state index is -4.50. The van der Waals surface area contributed by atoms with Crippen molar-refractivity contribution < 1.29 is 31.5 Å². The zero-order valence-corrected chi connectivity index (χ0v) is 13.8. The highest BCUT2D eigenvalue weighted by Crippen LogP contribution is 2.29. The monoisotopic (exact) mass is 386 g/mol. The lowest BCUT2D eigenvalue weighted by Crippen LogP contribution is -2.46. The van der Waals surface area contributed by atoms with Gasteiger partial charge in [0.1, 0.15) is 17.7 Å². The number of nitrogens with two attached hydrogens (primary N) is 1. The van der Waals surface area contributed by atoms with E-state index in [0.717, 1.165) is 42.5 Å². The fourth-order valence-corrected chi connectivity index (χ4v) is 2.40. The Morgan fingerprint density at radius 1 is 1.00 bits per heavy atom. The van der Waals surface area contributed by atoms with E-state index in [1.54, 1.807) is 0 Å². The molecule has 2 aromatic carbocycles. The highest BCUT2D eigenvalue weighted by atomic mass is 19.4. The molecule has 0 unspecified atom stereocenters. The molecule has 1 atom stereocenters. The van der Waals surface area contributed by atoms with Crippen LogP contribution in [0, 0.1) is 11.6 Å². The predicted octanol–water partition coefficient (Wildman–Crippen LogP) is 2.74. The van der Waals surface area contributed by atoms with Crippen molar-refractivity contribution in [3.8, 4) is 0 Å². The number of rotatable bonds is 6.